The summed E-state index contributed by atoms with van der Waals surface area (Å²) in [6.45, 7) is 1.50. The van der Waals surface area contributed by atoms with Gasteiger partial charge in [-0.05, 0) is 46.7 Å². The molecule has 3 aromatic carbocycles. The zero-order valence-corrected chi connectivity index (χ0v) is 15.9. The number of rotatable bonds is 4. The second-order valence-corrected chi connectivity index (χ2v) is 7.21. The van der Waals surface area contributed by atoms with Gasteiger partial charge in [0.05, 0.1) is 18.1 Å². The molecule has 2 heterocycles. The molecule has 5 rings (SSSR count). The van der Waals surface area contributed by atoms with E-state index in [0.29, 0.717) is 12.4 Å². The molecular formula is C25H21N3O. The lowest BCUT2D eigenvalue weighted by Gasteiger charge is -2.22. The van der Waals surface area contributed by atoms with E-state index < -0.39 is 0 Å². The normalized spacial score (nSPS) is 13.4. The predicted octanol–water partition coefficient (Wildman–Crippen LogP) is 5.36. The van der Waals surface area contributed by atoms with Gasteiger partial charge in [-0.25, -0.2) is 0 Å². The molecule has 4 aromatic rings. The number of benzene rings is 3. The maximum absolute atomic E-state index is 10.1. The summed E-state index contributed by atoms with van der Waals surface area (Å²) >= 11 is 0. The molecule has 1 aromatic heterocycles. The summed E-state index contributed by atoms with van der Waals surface area (Å²) in [6, 6.07) is 26.4. The first kappa shape index (κ1) is 17.3. The van der Waals surface area contributed by atoms with Gasteiger partial charge in [0.2, 0.25) is 0 Å². The molecule has 0 fully saturated rings. The van der Waals surface area contributed by atoms with Gasteiger partial charge >= 0.3 is 0 Å². The Morgan fingerprint density at radius 2 is 1.76 bits per heavy atom. The Labute approximate surface area is 170 Å². The number of pyridine rings is 1. The van der Waals surface area contributed by atoms with Crippen LogP contribution in [0, 0.1) is 0 Å². The maximum atomic E-state index is 10.1. The van der Waals surface area contributed by atoms with Crippen molar-refractivity contribution in [2.75, 3.05) is 11.6 Å². The van der Waals surface area contributed by atoms with E-state index in [0.717, 1.165) is 23.5 Å². The van der Waals surface area contributed by atoms with E-state index in [1.54, 1.807) is 6.07 Å². The van der Waals surface area contributed by atoms with E-state index in [9.17, 15) is 5.11 Å². The maximum Gasteiger partial charge on any atom is 0.139 e. The number of aromatic hydroxyl groups is 1. The molecule has 0 radical (unpaired) electrons. The Morgan fingerprint density at radius 1 is 0.862 bits per heavy atom. The van der Waals surface area contributed by atoms with Crippen LogP contribution in [0.2, 0.25) is 0 Å². The van der Waals surface area contributed by atoms with E-state index in [4.69, 9.17) is 0 Å². The van der Waals surface area contributed by atoms with Crippen molar-refractivity contribution in [3.8, 4) is 17.0 Å². The van der Waals surface area contributed by atoms with Crippen LogP contribution in [0.25, 0.3) is 22.0 Å². The average Bonchev–Trinajstić information content (AvgIpc) is 3.23. The summed E-state index contributed by atoms with van der Waals surface area (Å²) in [5.41, 5.74) is 4.19. The van der Waals surface area contributed by atoms with Crippen LogP contribution in [0.4, 0.5) is 5.69 Å². The van der Waals surface area contributed by atoms with E-state index in [1.807, 2.05) is 48.8 Å². The molecule has 0 saturated heterocycles. The fourth-order valence-corrected chi connectivity index (χ4v) is 3.82. The number of anilines is 1. The molecule has 142 valence electrons. The molecule has 0 atom stereocenters. The van der Waals surface area contributed by atoms with Gasteiger partial charge in [-0.2, -0.15) is 0 Å². The largest absolute Gasteiger partial charge is 0.506 e. The van der Waals surface area contributed by atoms with Crippen LogP contribution >= 0.6 is 0 Å². The molecular weight excluding hydrogens is 358 g/mol. The molecule has 0 spiro atoms. The summed E-state index contributed by atoms with van der Waals surface area (Å²) < 4.78 is 0. The highest BCUT2D eigenvalue weighted by Crippen LogP contribution is 2.31. The van der Waals surface area contributed by atoms with Crippen LogP contribution in [0.15, 0.2) is 97.5 Å². The molecule has 1 aliphatic heterocycles. The minimum Gasteiger partial charge on any atom is -0.506 e. The van der Waals surface area contributed by atoms with Crippen molar-refractivity contribution >= 4 is 16.5 Å². The monoisotopic (exact) mass is 379 g/mol. The Morgan fingerprint density at radius 3 is 2.62 bits per heavy atom. The molecule has 29 heavy (non-hydrogen) atoms. The third kappa shape index (κ3) is 3.41. The minimum atomic E-state index is 0.296. The molecule has 4 heteroatoms. The van der Waals surface area contributed by atoms with Crippen molar-refractivity contribution < 1.29 is 5.11 Å². The van der Waals surface area contributed by atoms with Gasteiger partial charge in [-0.15, -0.1) is 0 Å². The van der Waals surface area contributed by atoms with E-state index >= 15 is 0 Å². The third-order valence-corrected chi connectivity index (χ3v) is 5.29. The number of para-hydroxylation sites is 2. The van der Waals surface area contributed by atoms with Crippen molar-refractivity contribution in [3.05, 3.63) is 103 Å². The SMILES string of the molecule is Oc1ccccc1N1C=CN(Cc2cccc3ccc(-c4ccccn4)cc23)C1. The summed E-state index contributed by atoms with van der Waals surface area (Å²) in [6.07, 6.45) is 5.92. The highest BCUT2D eigenvalue weighted by Gasteiger charge is 2.17. The Balaban J connectivity index is 1.42. The molecule has 0 unspecified atom stereocenters. The van der Waals surface area contributed by atoms with Gasteiger partial charge in [-0.1, -0.05) is 48.5 Å². The standard InChI is InChI=1S/C25H21N3O/c29-25-10-2-1-9-24(25)28-15-14-27(18-28)17-21-7-5-6-19-11-12-20(16-22(19)21)23-8-3-4-13-26-23/h1-16,29H,17-18H2. The van der Waals surface area contributed by atoms with Crippen LogP contribution in [-0.4, -0.2) is 21.7 Å². The Bertz CT molecular complexity index is 1190. The smallest absolute Gasteiger partial charge is 0.139 e. The Kier molecular flexibility index (Phi) is 4.37. The summed E-state index contributed by atoms with van der Waals surface area (Å²) in [5, 5.41) is 12.6. The Hall–Kier alpha value is -3.79. The zero-order chi connectivity index (χ0) is 19.6. The van der Waals surface area contributed by atoms with Crippen molar-refractivity contribution in [1.29, 1.82) is 0 Å². The number of fused-ring (bicyclic) bond motifs is 1. The summed E-state index contributed by atoms with van der Waals surface area (Å²) in [4.78, 5) is 8.79. The molecule has 0 aliphatic carbocycles. The van der Waals surface area contributed by atoms with Crippen LogP contribution in [0.5, 0.6) is 5.75 Å². The molecule has 4 nitrogen and oxygen atoms in total. The number of hydrogen-bond acceptors (Lipinski definition) is 4. The number of phenols is 1. The lowest BCUT2D eigenvalue weighted by atomic mass is 10.00. The van der Waals surface area contributed by atoms with Crippen LogP contribution in [0.1, 0.15) is 5.56 Å². The van der Waals surface area contributed by atoms with Gasteiger partial charge in [0.25, 0.3) is 0 Å². The number of aromatic nitrogens is 1. The van der Waals surface area contributed by atoms with E-state index in [2.05, 4.69) is 57.4 Å². The minimum absolute atomic E-state index is 0.296. The first-order chi connectivity index (χ1) is 14.3. The zero-order valence-electron chi connectivity index (χ0n) is 15.9. The van der Waals surface area contributed by atoms with E-state index in [1.165, 1.54) is 16.3 Å². The molecule has 0 amide bonds. The topological polar surface area (TPSA) is 39.6 Å². The van der Waals surface area contributed by atoms with Crippen LogP contribution < -0.4 is 4.90 Å². The second-order valence-electron chi connectivity index (χ2n) is 7.21. The van der Waals surface area contributed by atoms with Gasteiger partial charge < -0.3 is 14.9 Å². The van der Waals surface area contributed by atoms with Crippen LogP contribution in [-0.2, 0) is 6.54 Å². The fraction of sp³-hybridized carbons (Fsp3) is 0.0800. The number of nitrogens with zero attached hydrogens (tertiary/aromatic N) is 3. The lowest BCUT2D eigenvalue weighted by molar-refractivity contribution is 0.399. The first-order valence-corrected chi connectivity index (χ1v) is 9.68. The number of phenolic OH excluding ortho intramolecular Hbond substituents is 1. The lowest BCUT2D eigenvalue weighted by Crippen LogP contribution is -2.24. The van der Waals surface area contributed by atoms with Crippen molar-refractivity contribution in [2.45, 2.75) is 6.54 Å². The average molecular weight is 379 g/mol. The van der Waals surface area contributed by atoms with Crippen molar-refractivity contribution in [3.63, 3.8) is 0 Å². The van der Waals surface area contributed by atoms with Gasteiger partial charge in [-0.3, -0.25) is 4.98 Å². The second kappa shape index (κ2) is 7.32. The molecule has 0 saturated carbocycles. The summed E-state index contributed by atoms with van der Waals surface area (Å²) in [5.74, 6) is 0.296. The van der Waals surface area contributed by atoms with E-state index in [-0.39, 0.29) is 0 Å². The highest BCUT2D eigenvalue weighted by molar-refractivity contribution is 5.89. The molecule has 1 N–H and O–H groups in total. The molecule has 1 aliphatic rings. The first-order valence-electron chi connectivity index (χ1n) is 9.68. The molecule has 0 bridgehead atoms. The van der Waals surface area contributed by atoms with Crippen molar-refractivity contribution in [1.82, 2.24) is 9.88 Å². The fourth-order valence-electron chi connectivity index (χ4n) is 3.82. The van der Waals surface area contributed by atoms with Gasteiger partial charge in [0.1, 0.15) is 5.75 Å². The third-order valence-electron chi connectivity index (χ3n) is 5.29. The quantitative estimate of drug-likeness (QED) is 0.518. The summed E-state index contributed by atoms with van der Waals surface area (Å²) in [7, 11) is 0. The van der Waals surface area contributed by atoms with Gasteiger partial charge in [0, 0.05) is 30.7 Å². The van der Waals surface area contributed by atoms with Crippen molar-refractivity contribution in [2.24, 2.45) is 0 Å². The number of hydrogen-bond donors (Lipinski definition) is 1. The van der Waals surface area contributed by atoms with Crippen LogP contribution in [0.3, 0.4) is 0 Å². The predicted molar refractivity (Wildman–Crippen MR) is 117 cm³/mol. The van der Waals surface area contributed by atoms with Gasteiger partial charge in [0.15, 0.2) is 0 Å². The highest BCUT2D eigenvalue weighted by atomic mass is 16.3.